The Hall–Kier alpha value is -1.32. The third-order valence-electron chi connectivity index (χ3n) is 2.64. The van der Waals surface area contributed by atoms with Crippen LogP contribution >= 0.6 is 0 Å². The van der Waals surface area contributed by atoms with E-state index in [1.165, 1.54) is 36.2 Å². The Bertz CT molecular complexity index is 369. The number of ether oxygens (including phenoxy) is 1. The van der Waals surface area contributed by atoms with Crippen molar-refractivity contribution < 1.29 is 4.74 Å². The van der Waals surface area contributed by atoms with Crippen LogP contribution in [0.25, 0.3) is 0 Å². The second-order valence-electron chi connectivity index (χ2n) is 3.78. The topological polar surface area (TPSA) is 44.1 Å². The van der Waals surface area contributed by atoms with Gasteiger partial charge in [-0.2, -0.15) is 0 Å². The highest BCUT2D eigenvalue weighted by Crippen LogP contribution is 2.26. The van der Waals surface area contributed by atoms with Crippen molar-refractivity contribution in [3.63, 3.8) is 0 Å². The van der Waals surface area contributed by atoms with Gasteiger partial charge in [-0.15, -0.1) is 0 Å². The van der Waals surface area contributed by atoms with Gasteiger partial charge in [0.25, 0.3) is 5.56 Å². The molecule has 0 radical (unpaired) electrons. The zero-order chi connectivity index (χ0) is 9.97. The van der Waals surface area contributed by atoms with E-state index in [1.54, 1.807) is 7.05 Å². The van der Waals surface area contributed by atoms with Gasteiger partial charge in [0.05, 0.1) is 12.7 Å². The second-order valence-corrected chi connectivity index (χ2v) is 3.78. The minimum absolute atomic E-state index is 0.0800. The van der Waals surface area contributed by atoms with Crippen molar-refractivity contribution in [1.82, 2.24) is 9.55 Å². The quantitative estimate of drug-likeness (QED) is 0.719. The Balaban J connectivity index is 1.95. The zero-order valence-electron chi connectivity index (χ0n) is 8.27. The second kappa shape index (κ2) is 3.82. The number of aryl methyl sites for hydroxylation is 1. The summed E-state index contributed by atoms with van der Waals surface area (Å²) in [6, 6.07) is 1.43. The first-order valence-electron chi connectivity index (χ1n) is 4.91. The maximum absolute atomic E-state index is 11.2. The van der Waals surface area contributed by atoms with Gasteiger partial charge in [-0.25, -0.2) is 4.98 Å². The summed E-state index contributed by atoms with van der Waals surface area (Å²) in [4.78, 5) is 15.2. The van der Waals surface area contributed by atoms with Gasteiger partial charge in [-0.05, 0) is 18.8 Å². The Morgan fingerprint density at radius 3 is 3.00 bits per heavy atom. The van der Waals surface area contributed by atoms with Crippen molar-refractivity contribution in [3.8, 4) is 5.88 Å². The van der Waals surface area contributed by atoms with E-state index in [-0.39, 0.29) is 5.56 Å². The molecule has 1 fully saturated rings. The summed E-state index contributed by atoms with van der Waals surface area (Å²) in [6.07, 6.45) is 5.27. The van der Waals surface area contributed by atoms with E-state index in [0.717, 1.165) is 0 Å². The molecule has 76 valence electrons. The van der Waals surface area contributed by atoms with Crippen LogP contribution in [0, 0.1) is 5.92 Å². The predicted octanol–water partition coefficient (Wildman–Crippen LogP) is 0.959. The first-order valence-corrected chi connectivity index (χ1v) is 4.91. The fourth-order valence-corrected chi connectivity index (χ4v) is 1.39. The summed E-state index contributed by atoms with van der Waals surface area (Å²) in [5, 5.41) is 0. The van der Waals surface area contributed by atoms with E-state index in [0.29, 0.717) is 18.4 Å². The van der Waals surface area contributed by atoms with Crippen LogP contribution in [-0.4, -0.2) is 16.2 Å². The maximum atomic E-state index is 11.2. The van der Waals surface area contributed by atoms with Gasteiger partial charge < -0.3 is 9.30 Å². The van der Waals surface area contributed by atoms with Gasteiger partial charge >= 0.3 is 0 Å². The van der Waals surface area contributed by atoms with Crippen LogP contribution in [0.4, 0.5) is 0 Å². The van der Waals surface area contributed by atoms with Crippen LogP contribution in [-0.2, 0) is 7.05 Å². The standard InChI is InChI=1S/C10H14N2O2/c1-12-7-11-9(5-10(12)13)14-6-8-3-2-4-8/h5,7-8H,2-4,6H2,1H3. The van der Waals surface area contributed by atoms with E-state index in [9.17, 15) is 4.79 Å². The normalized spacial score (nSPS) is 16.4. The molecule has 0 saturated heterocycles. The summed E-state index contributed by atoms with van der Waals surface area (Å²) < 4.78 is 6.85. The van der Waals surface area contributed by atoms with Crippen LogP contribution in [0.5, 0.6) is 5.88 Å². The summed E-state index contributed by atoms with van der Waals surface area (Å²) in [7, 11) is 1.67. The minimum Gasteiger partial charge on any atom is -0.477 e. The van der Waals surface area contributed by atoms with E-state index >= 15 is 0 Å². The number of hydrogen-bond acceptors (Lipinski definition) is 3. The first-order chi connectivity index (χ1) is 6.75. The molecule has 14 heavy (non-hydrogen) atoms. The van der Waals surface area contributed by atoms with Crippen molar-refractivity contribution in [2.75, 3.05) is 6.61 Å². The average Bonchev–Trinajstić information content (AvgIpc) is 2.08. The molecule has 1 aliphatic rings. The smallest absolute Gasteiger partial charge is 0.256 e. The summed E-state index contributed by atoms with van der Waals surface area (Å²) in [5.41, 5.74) is -0.0800. The monoisotopic (exact) mass is 194 g/mol. The molecular formula is C10H14N2O2. The fraction of sp³-hybridized carbons (Fsp3) is 0.600. The molecule has 4 nitrogen and oxygen atoms in total. The van der Waals surface area contributed by atoms with E-state index in [4.69, 9.17) is 4.74 Å². The highest BCUT2D eigenvalue weighted by Gasteiger charge is 2.18. The number of hydrogen-bond donors (Lipinski definition) is 0. The van der Waals surface area contributed by atoms with E-state index < -0.39 is 0 Å². The van der Waals surface area contributed by atoms with Crippen LogP contribution < -0.4 is 10.3 Å². The zero-order valence-corrected chi connectivity index (χ0v) is 8.27. The lowest BCUT2D eigenvalue weighted by atomic mass is 9.86. The molecule has 1 aromatic rings. The molecule has 1 aliphatic carbocycles. The van der Waals surface area contributed by atoms with Gasteiger partial charge in [-0.3, -0.25) is 4.79 Å². The largest absolute Gasteiger partial charge is 0.477 e. The molecule has 0 atom stereocenters. The highest BCUT2D eigenvalue weighted by molar-refractivity contribution is 5.05. The molecule has 2 rings (SSSR count). The fourth-order valence-electron chi connectivity index (χ4n) is 1.39. The minimum atomic E-state index is -0.0800. The van der Waals surface area contributed by atoms with Crippen molar-refractivity contribution in [3.05, 3.63) is 22.7 Å². The lowest BCUT2D eigenvalue weighted by Crippen LogP contribution is -2.21. The summed E-state index contributed by atoms with van der Waals surface area (Å²) >= 11 is 0. The van der Waals surface area contributed by atoms with Gasteiger partial charge in [0.2, 0.25) is 5.88 Å². The highest BCUT2D eigenvalue weighted by atomic mass is 16.5. The summed E-state index contributed by atoms with van der Waals surface area (Å²) in [5.74, 6) is 1.11. The molecule has 4 heteroatoms. The first kappa shape index (κ1) is 9.24. The lowest BCUT2D eigenvalue weighted by Gasteiger charge is -2.24. The van der Waals surface area contributed by atoms with Crippen molar-refractivity contribution in [2.45, 2.75) is 19.3 Å². The van der Waals surface area contributed by atoms with Crippen LogP contribution in [0.15, 0.2) is 17.2 Å². The molecule has 0 aliphatic heterocycles. The van der Waals surface area contributed by atoms with Crippen LogP contribution in [0.3, 0.4) is 0 Å². The molecule has 1 heterocycles. The summed E-state index contributed by atoms with van der Waals surface area (Å²) in [6.45, 7) is 0.695. The Labute approximate surface area is 82.5 Å². The number of nitrogens with zero attached hydrogens (tertiary/aromatic N) is 2. The molecule has 0 amide bonds. The SMILES string of the molecule is Cn1cnc(OCC2CCC2)cc1=O. The molecule has 0 unspecified atom stereocenters. The Morgan fingerprint density at radius 2 is 2.43 bits per heavy atom. The van der Waals surface area contributed by atoms with Crippen LogP contribution in [0.1, 0.15) is 19.3 Å². The van der Waals surface area contributed by atoms with Gasteiger partial charge in [0.15, 0.2) is 0 Å². The molecular weight excluding hydrogens is 180 g/mol. The molecule has 0 N–H and O–H groups in total. The number of rotatable bonds is 3. The molecule has 0 spiro atoms. The molecule has 0 aromatic carbocycles. The Kier molecular flexibility index (Phi) is 2.52. The van der Waals surface area contributed by atoms with Gasteiger partial charge in [0.1, 0.15) is 6.33 Å². The Morgan fingerprint density at radius 1 is 1.64 bits per heavy atom. The third-order valence-corrected chi connectivity index (χ3v) is 2.64. The predicted molar refractivity (Wildman–Crippen MR) is 52.3 cm³/mol. The van der Waals surface area contributed by atoms with Crippen LogP contribution in [0.2, 0.25) is 0 Å². The van der Waals surface area contributed by atoms with Crippen molar-refractivity contribution >= 4 is 0 Å². The molecule has 1 aromatic heterocycles. The molecule has 1 saturated carbocycles. The third kappa shape index (κ3) is 1.95. The number of aromatic nitrogens is 2. The van der Waals surface area contributed by atoms with Crippen molar-refractivity contribution in [1.29, 1.82) is 0 Å². The lowest BCUT2D eigenvalue weighted by molar-refractivity contribution is 0.175. The van der Waals surface area contributed by atoms with E-state index in [1.807, 2.05) is 0 Å². The van der Waals surface area contributed by atoms with Gasteiger partial charge in [0, 0.05) is 7.05 Å². The average molecular weight is 194 g/mol. The van der Waals surface area contributed by atoms with Gasteiger partial charge in [-0.1, -0.05) is 6.42 Å². The maximum Gasteiger partial charge on any atom is 0.256 e. The van der Waals surface area contributed by atoms with Crippen molar-refractivity contribution in [2.24, 2.45) is 13.0 Å². The van der Waals surface area contributed by atoms with E-state index in [2.05, 4.69) is 4.98 Å². The molecule has 0 bridgehead atoms.